The van der Waals surface area contributed by atoms with Crippen LogP contribution >= 0.6 is 11.8 Å². The summed E-state index contributed by atoms with van der Waals surface area (Å²) in [5.41, 5.74) is 2.30. The van der Waals surface area contributed by atoms with Gasteiger partial charge in [0.05, 0.1) is 0 Å². The molecule has 2 fully saturated rings. The lowest BCUT2D eigenvalue weighted by Crippen LogP contribution is -2.58. The highest BCUT2D eigenvalue weighted by Gasteiger charge is 2.42. The lowest BCUT2D eigenvalue weighted by molar-refractivity contribution is -0.147. The maximum Gasteiger partial charge on any atom is 0.408 e. The molecule has 0 saturated heterocycles. The van der Waals surface area contributed by atoms with E-state index in [0.29, 0.717) is 12.2 Å². The molecule has 0 aromatic heterocycles. The fourth-order valence-electron chi connectivity index (χ4n) is 5.32. The Morgan fingerprint density at radius 3 is 2.32 bits per heavy atom. The van der Waals surface area contributed by atoms with E-state index in [2.05, 4.69) is 10.6 Å². The van der Waals surface area contributed by atoms with Gasteiger partial charge in [0.1, 0.15) is 17.7 Å². The lowest BCUT2D eigenvalue weighted by atomic mass is 9.86. The Hall–Kier alpha value is -2.22. The van der Waals surface area contributed by atoms with Crippen LogP contribution < -0.4 is 10.6 Å². The minimum absolute atomic E-state index is 0.0401. The van der Waals surface area contributed by atoms with Gasteiger partial charge in [-0.25, -0.2) is 4.79 Å². The average molecular weight is 546 g/mol. The van der Waals surface area contributed by atoms with Crippen molar-refractivity contribution < 1.29 is 19.1 Å². The molecule has 0 radical (unpaired) electrons. The van der Waals surface area contributed by atoms with Crippen molar-refractivity contribution in [2.75, 3.05) is 12.0 Å². The number of ether oxygens (including phenoxy) is 1. The molecule has 0 heterocycles. The van der Waals surface area contributed by atoms with Crippen LogP contribution in [0.4, 0.5) is 4.79 Å². The van der Waals surface area contributed by atoms with Gasteiger partial charge in [-0.3, -0.25) is 9.59 Å². The number of thioether (sulfide) groups is 1. The van der Waals surface area contributed by atoms with Crippen LogP contribution in [-0.2, 0) is 14.3 Å². The molecule has 0 bridgehead atoms. The summed E-state index contributed by atoms with van der Waals surface area (Å²) in [4.78, 5) is 43.0. The van der Waals surface area contributed by atoms with E-state index >= 15 is 0 Å². The van der Waals surface area contributed by atoms with E-state index in [0.717, 1.165) is 61.6 Å². The molecular formula is C30H47N3O4S. The SMILES string of the molecule is CSCCC(NC(=O)OC(C)(C)C)C(=O)N(C1CCC1)C(C(=O)NC1CCCCC1)c1cccc(C)c1C. The average Bonchev–Trinajstić information content (AvgIpc) is 2.81. The van der Waals surface area contributed by atoms with E-state index in [9.17, 15) is 14.4 Å². The Morgan fingerprint density at radius 2 is 1.74 bits per heavy atom. The number of alkyl carbamates (subject to hydrolysis) is 1. The zero-order valence-electron chi connectivity index (χ0n) is 24.1. The van der Waals surface area contributed by atoms with Gasteiger partial charge in [0.2, 0.25) is 11.8 Å². The van der Waals surface area contributed by atoms with Gasteiger partial charge in [0, 0.05) is 12.1 Å². The summed E-state index contributed by atoms with van der Waals surface area (Å²) in [5.74, 6) is 0.374. The molecule has 2 aliphatic rings. The van der Waals surface area contributed by atoms with E-state index in [1.54, 1.807) is 37.4 Å². The van der Waals surface area contributed by atoms with Gasteiger partial charge in [0.25, 0.3) is 0 Å². The van der Waals surface area contributed by atoms with Gasteiger partial charge in [0.15, 0.2) is 0 Å². The highest BCUT2D eigenvalue weighted by Crippen LogP contribution is 2.36. The second-order valence-corrected chi connectivity index (χ2v) is 12.8. The van der Waals surface area contributed by atoms with Crippen molar-refractivity contribution in [1.82, 2.24) is 15.5 Å². The first-order valence-electron chi connectivity index (χ1n) is 14.2. The van der Waals surface area contributed by atoms with Gasteiger partial charge < -0.3 is 20.3 Å². The van der Waals surface area contributed by atoms with E-state index in [1.807, 2.05) is 38.3 Å². The van der Waals surface area contributed by atoms with Crippen LogP contribution in [-0.4, -0.2) is 58.5 Å². The Bertz CT molecular complexity index is 967. The van der Waals surface area contributed by atoms with Crippen LogP contribution in [0.25, 0.3) is 0 Å². The first-order valence-corrected chi connectivity index (χ1v) is 15.6. The van der Waals surface area contributed by atoms with Crippen molar-refractivity contribution in [2.24, 2.45) is 0 Å². The number of amides is 3. The molecule has 8 heteroatoms. The van der Waals surface area contributed by atoms with Crippen LogP contribution in [0.15, 0.2) is 18.2 Å². The summed E-state index contributed by atoms with van der Waals surface area (Å²) in [7, 11) is 0. The van der Waals surface area contributed by atoms with Crippen LogP contribution in [0.3, 0.4) is 0 Å². The molecule has 3 rings (SSSR count). The number of nitrogens with one attached hydrogen (secondary N) is 2. The molecule has 1 aromatic rings. The molecule has 0 spiro atoms. The zero-order chi connectivity index (χ0) is 27.9. The molecule has 2 unspecified atom stereocenters. The fraction of sp³-hybridized carbons (Fsp3) is 0.700. The number of hydrogen-bond acceptors (Lipinski definition) is 5. The monoisotopic (exact) mass is 545 g/mol. The van der Waals surface area contributed by atoms with Crippen LogP contribution in [0.1, 0.15) is 101 Å². The second-order valence-electron chi connectivity index (χ2n) is 11.8. The Kier molecular flexibility index (Phi) is 10.9. The highest BCUT2D eigenvalue weighted by molar-refractivity contribution is 7.98. The second kappa shape index (κ2) is 13.7. The third kappa shape index (κ3) is 8.14. The van der Waals surface area contributed by atoms with Gasteiger partial charge in [-0.1, -0.05) is 37.5 Å². The summed E-state index contributed by atoms with van der Waals surface area (Å²) in [6, 6.07) is 4.56. The summed E-state index contributed by atoms with van der Waals surface area (Å²) < 4.78 is 5.50. The molecule has 0 aliphatic heterocycles. The maximum atomic E-state index is 14.4. The predicted molar refractivity (Wildman–Crippen MR) is 154 cm³/mol. The van der Waals surface area contributed by atoms with Crippen molar-refractivity contribution in [2.45, 2.75) is 122 Å². The number of benzene rings is 1. The van der Waals surface area contributed by atoms with Gasteiger partial charge in [-0.05, 0) is 102 Å². The van der Waals surface area contributed by atoms with Crippen molar-refractivity contribution in [3.8, 4) is 0 Å². The van der Waals surface area contributed by atoms with Gasteiger partial charge in [-0.15, -0.1) is 0 Å². The van der Waals surface area contributed by atoms with E-state index in [-0.39, 0.29) is 23.9 Å². The number of aryl methyl sites for hydroxylation is 1. The molecule has 38 heavy (non-hydrogen) atoms. The smallest absolute Gasteiger partial charge is 0.408 e. The Morgan fingerprint density at radius 1 is 1.05 bits per heavy atom. The van der Waals surface area contributed by atoms with Crippen LogP contribution in [0.5, 0.6) is 0 Å². The summed E-state index contributed by atoms with van der Waals surface area (Å²) >= 11 is 1.62. The Balaban J connectivity index is 1.99. The summed E-state index contributed by atoms with van der Waals surface area (Å²) in [5, 5.41) is 6.15. The molecule has 2 saturated carbocycles. The minimum Gasteiger partial charge on any atom is -0.444 e. The van der Waals surface area contributed by atoms with Gasteiger partial charge in [-0.2, -0.15) is 11.8 Å². The molecule has 1 aromatic carbocycles. The van der Waals surface area contributed by atoms with Gasteiger partial charge >= 0.3 is 6.09 Å². The van der Waals surface area contributed by atoms with E-state index in [1.165, 1.54) is 6.42 Å². The summed E-state index contributed by atoms with van der Waals surface area (Å²) in [6.07, 6.45) is 9.93. The van der Waals surface area contributed by atoms with E-state index in [4.69, 9.17) is 4.74 Å². The largest absolute Gasteiger partial charge is 0.444 e. The predicted octanol–water partition coefficient (Wildman–Crippen LogP) is 5.82. The number of nitrogens with zero attached hydrogens (tertiary/aromatic N) is 1. The van der Waals surface area contributed by atoms with Crippen LogP contribution in [0, 0.1) is 13.8 Å². The highest BCUT2D eigenvalue weighted by atomic mass is 32.2. The third-order valence-electron chi connectivity index (χ3n) is 7.74. The molecule has 2 atom stereocenters. The van der Waals surface area contributed by atoms with Crippen molar-refractivity contribution >= 4 is 29.7 Å². The molecule has 2 N–H and O–H groups in total. The minimum atomic E-state index is -0.770. The standard InChI is InChI=1S/C30H47N3O4S/c1-20-12-10-17-24(21(20)2)26(27(34)31-22-13-8-7-9-14-22)33(23-15-11-16-23)28(35)25(18-19-38-6)32-29(36)37-30(3,4)5/h10,12,17,22-23,25-26H,7-9,11,13-16,18-19H2,1-6H3,(H,31,34)(H,32,36). The first kappa shape index (κ1) is 30.3. The van der Waals surface area contributed by atoms with Crippen molar-refractivity contribution in [3.63, 3.8) is 0 Å². The quantitative estimate of drug-likeness (QED) is 0.387. The van der Waals surface area contributed by atoms with Crippen LogP contribution in [0.2, 0.25) is 0 Å². The topological polar surface area (TPSA) is 87.7 Å². The number of carbonyl (C=O) groups is 3. The fourth-order valence-corrected chi connectivity index (χ4v) is 5.79. The molecular weight excluding hydrogens is 498 g/mol. The molecule has 3 amide bonds. The summed E-state index contributed by atoms with van der Waals surface area (Å²) in [6.45, 7) is 9.48. The maximum absolute atomic E-state index is 14.4. The molecule has 212 valence electrons. The first-order chi connectivity index (χ1) is 18.0. The van der Waals surface area contributed by atoms with Crippen molar-refractivity contribution in [1.29, 1.82) is 0 Å². The third-order valence-corrected chi connectivity index (χ3v) is 8.39. The number of rotatable bonds is 10. The normalized spacial score (nSPS) is 18.2. The number of hydrogen-bond donors (Lipinski definition) is 2. The van der Waals surface area contributed by atoms with Crippen molar-refractivity contribution in [3.05, 3.63) is 34.9 Å². The molecule has 7 nitrogen and oxygen atoms in total. The number of carbonyl (C=O) groups excluding carboxylic acids is 3. The Labute approximate surface area is 233 Å². The zero-order valence-corrected chi connectivity index (χ0v) is 24.9. The van der Waals surface area contributed by atoms with E-state index < -0.39 is 23.8 Å². The molecule has 2 aliphatic carbocycles. The lowest BCUT2D eigenvalue weighted by Gasteiger charge is -2.44.